The Balaban J connectivity index is 3.24. The minimum atomic E-state index is -1.70. The standard InChI is InChI=1S/C10H13NO3/c1-10(13,9(11)12)7-5-3-4-6-8(7)14-2/h3-6,13H,1-2H3,(H2,11,12). The number of hydrogen-bond donors (Lipinski definition) is 2. The number of nitrogens with two attached hydrogens (primary N) is 1. The molecule has 0 bridgehead atoms. The van der Waals surface area contributed by atoms with Gasteiger partial charge in [0.15, 0.2) is 5.60 Å². The fourth-order valence-corrected chi connectivity index (χ4v) is 1.18. The van der Waals surface area contributed by atoms with Crippen molar-refractivity contribution in [2.75, 3.05) is 7.11 Å². The third kappa shape index (κ3) is 1.70. The van der Waals surface area contributed by atoms with Gasteiger partial charge in [-0.15, -0.1) is 0 Å². The number of carbonyl (C=O) groups is 1. The van der Waals surface area contributed by atoms with Crippen LogP contribution in [0, 0.1) is 0 Å². The summed E-state index contributed by atoms with van der Waals surface area (Å²) in [4.78, 5) is 11.0. The van der Waals surface area contributed by atoms with Crippen LogP contribution in [0.3, 0.4) is 0 Å². The summed E-state index contributed by atoms with van der Waals surface area (Å²) in [7, 11) is 1.47. The fraction of sp³-hybridized carbons (Fsp3) is 0.300. The van der Waals surface area contributed by atoms with Gasteiger partial charge < -0.3 is 15.6 Å². The zero-order valence-corrected chi connectivity index (χ0v) is 8.15. The first-order valence-corrected chi connectivity index (χ1v) is 4.16. The van der Waals surface area contributed by atoms with Crippen molar-refractivity contribution in [3.63, 3.8) is 0 Å². The average Bonchev–Trinajstić information content (AvgIpc) is 2.17. The molecule has 14 heavy (non-hydrogen) atoms. The number of methoxy groups -OCH3 is 1. The van der Waals surface area contributed by atoms with E-state index in [4.69, 9.17) is 10.5 Å². The second-order valence-electron chi connectivity index (χ2n) is 3.14. The Morgan fingerprint density at radius 3 is 2.57 bits per heavy atom. The van der Waals surface area contributed by atoms with Crippen LogP contribution in [-0.4, -0.2) is 18.1 Å². The molecule has 0 radical (unpaired) electrons. The highest BCUT2D eigenvalue weighted by Gasteiger charge is 2.32. The van der Waals surface area contributed by atoms with Crippen LogP contribution >= 0.6 is 0 Å². The van der Waals surface area contributed by atoms with Crippen molar-refractivity contribution in [1.82, 2.24) is 0 Å². The molecule has 1 atom stereocenters. The van der Waals surface area contributed by atoms with E-state index in [1.807, 2.05) is 0 Å². The normalized spacial score (nSPS) is 14.5. The summed E-state index contributed by atoms with van der Waals surface area (Å²) < 4.78 is 5.01. The highest BCUT2D eigenvalue weighted by molar-refractivity contribution is 5.85. The minimum Gasteiger partial charge on any atom is -0.496 e. The molecule has 0 aliphatic heterocycles. The molecule has 0 aromatic heterocycles. The maximum absolute atomic E-state index is 11.0. The van der Waals surface area contributed by atoms with Crippen LogP contribution in [0.4, 0.5) is 0 Å². The summed E-state index contributed by atoms with van der Waals surface area (Å²) in [6, 6.07) is 6.71. The second-order valence-corrected chi connectivity index (χ2v) is 3.14. The van der Waals surface area contributed by atoms with Gasteiger partial charge in [0.1, 0.15) is 5.75 Å². The van der Waals surface area contributed by atoms with Gasteiger partial charge >= 0.3 is 0 Å². The quantitative estimate of drug-likeness (QED) is 0.732. The van der Waals surface area contributed by atoms with E-state index < -0.39 is 11.5 Å². The van der Waals surface area contributed by atoms with E-state index in [9.17, 15) is 9.90 Å². The van der Waals surface area contributed by atoms with Gasteiger partial charge in [0.05, 0.1) is 7.11 Å². The number of rotatable bonds is 3. The first-order valence-electron chi connectivity index (χ1n) is 4.16. The molecule has 0 fully saturated rings. The van der Waals surface area contributed by atoms with E-state index in [1.165, 1.54) is 14.0 Å². The predicted octanol–water partition coefficient (Wildman–Crippen LogP) is 0.388. The molecule has 1 rings (SSSR count). The molecule has 4 nitrogen and oxygen atoms in total. The van der Waals surface area contributed by atoms with Crippen LogP contribution in [0.5, 0.6) is 5.75 Å². The summed E-state index contributed by atoms with van der Waals surface area (Å²) in [6.45, 7) is 1.34. The molecule has 0 saturated carbocycles. The second kappa shape index (κ2) is 3.67. The first kappa shape index (κ1) is 10.5. The van der Waals surface area contributed by atoms with Crippen LogP contribution in [0.15, 0.2) is 24.3 Å². The molecule has 1 amide bonds. The van der Waals surface area contributed by atoms with Gasteiger partial charge in [0, 0.05) is 5.56 Å². The van der Waals surface area contributed by atoms with E-state index in [0.717, 1.165) is 0 Å². The topological polar surface area (TPSA) is 72.6 Å². The van der Waals surface area contributed by atoms with Crippen molar-refractivity contribution in [1.29, 1.82) is 0 Å². The largest absolute Gasteiger partial charge is 0.496 e. The molecule has 3 N–H and O–H groups in total. The molecule has 76 valence electrons. The van der Waals surface area contributed by atoms with Gasteiger partial charge in [-0.05, 0) is 13.0 Å². The van der Waals surface area contributed by atoms with E-state index in [-0.39, 0.29) is 0 Å². The zero-order valence-electron chi connectivity index (χ0n) is 8.15. The molecule has 1 aromatic rings. The highest BCUT2D eigenvalue weighted by atomic mass is 16.5. The van der Waals surface area contributed by atoms with Crippen LogP contribution in [-0.2, 0) is 10.4 Å². The van der Waals surface area contributed by atoms with Gasteiger partial charge in [-0.3, -0.25) is 4.79 Å². The molecule has 1 unspecified atom stereocenters. The summed E-state index contributed by atoms with van der Waals surface area (Å²) in [5.41, 5.74) is 3.75. The van der Waals surface area contributed by atoms with Crippen molar-refractivity contribution in [2.45, 2.75) is 12.5 Å². The van der Waals surface area contributed by atoms with Crippen LogP contribution < -0.4 is 10.5 Å². The number of para-hydroxylation sites is 1. The molecular weight excluding hydrogens is 182 g/mol. The number of benzene rings is 1. The van der Waals surface area contributed by atoms with Gasteiger partial charge in [0.2, 0.25) is 0 Å². The lowest BCUT2D eigenvalue weighted by Gasteiger charge is -2.21. The Kier molecular flexibility index (Phi) is 2.76. The van der Waals surface area contributed by atoms with Crippen LogP contribution in [0.1, 0.15) is 12.5 Å². The van der Waals surface area contributed by atoms with Gasteiger partial charge in [0.25, 0.3) is 5.91 Å². The molecule has 0 aliphatic carbocycles. The smallest absolute Gasteiger partial charge is 0.253 e. The van der Waals surface area contributed by atoms with Gasteiger partial charge in [-0.1, -0.05) is 18.2 Å². The number of aliphatic hydroxyl groups is 1. The maximum atomic E-state index is 11.0. The third-order valence-corrected chi connectivity index (χ3v) is 2.11. The van der Waals surface area contributed by atoms with E-state index in [2.05, 4.69) is 0 Å². The molecular formula is C10H13NO3. The highest BCUT2D eigenvalue weighted by Crippen LogP contribution is 2.28. The Morgan fingerprint density at radius 1 is 1.50 bits per heavy atom. The lowest BCUT2D eigenvalue weighted by molar-refractivity contribution is -0.135. The van der Waals surface area contributed by atoms with Crippen LogP contribution in [0.2, 0.25) is 0 Å². The maximum Gasteiger partial charge on any atom is 0.253 e. The predicted molar refractivity (Wildman–Crippen MR) is 51.8 cm³/mol. The number of hydrogen-bond acceptors (Lipinski definition) is 3. The molecule has 0 aliphatic rings. The zero-order chi connectivity index (χ0) is 10.8. The summed E-state index contributed by atoms with van der Waals surface area (Å²) >= 11 is 0. The summed E-state index contributed by atoms with van der Waals surface area (Å²) in [5.74, 6) is -0.363. The minimum absolute atomic E-state index is 0.370. The number of primary amides is 1. The lowest BCUT2D eigenvalue weighted by Crippen LogP contribution is -2.38. The number of amides is 1. The summed E-state index contributed by atoms with van der Waals surface area (Å²) in [5, 5.41) is 9.82. The van der Waals surface area contributed by atoms with Crippen molar-refractivity contribution >= 4 is 5.91 Å². The Bertz CT molecular complexity index is 347. The van der Waals surface area contributed by atoms with Crippen molar-refractivity contribution < 1.29 is 14.6 Å². The van der Waals surface area contributed by atoms with Gasteiger partial charge in [-0.25, -0.2) is 0 Å². The third-order valence-electron chi connectivity index (χ3n) is 2.11. The van der Waals surface area contributed by atoms with Crippen LogP contribution in [0.25, 0.3) is 0 Å². The molecule has 4 heteroatoms. The average molecular weight is 195 g/mol. The van der Waals surface area contributed by atoms with Crippen molar-refractivity contribution in [3.05, 3.63) is 29.8 Å². The lowest BCUT2D eigenvalue weighted by atomic mass is 9.94. The Labute approximate surface area is 82.3 Å². The molecule has 0 spiro atoms. The van der Waals surface area contributed by atoms with Gasteiger partial charge in [-0.2, -0.15) is 0 Å². The number of ether oxygens (including phenoxy) is 1. The Morgan fingerprint density at radius 2 is 2.07 bits per heavy atom. The van der Waals surface area contributed by atoms with E-state index in [1.54, 1.807) is 24.3 Å². The fourth-order valence-electron chi connectivity index (χ4n) is 1.18. The molecule has 1 aromatic carbocycles. The monoisotopic (exact) mass is 195 g/mol. The van der Waals surface area contributed by atoms with Crippen molar-refractivity contribution in [2.24, 2.45) is 5.73 Å². The molecule has 0 saturated heterocycles. The number of carbonyl (C=O) groups excluding carboxylic acids is 1. The summed E-state index contributed by atoms with van der Waals surface area (Å²) in [6.07, 6.45) is 0. The van der Waals surface area contributed by atoms with Crippen molar-refractivity contribution in [3.8, 4) is 5.75 Å². The Hall–Kier alpha value is -1.55. The first-order chi connectivity index (χ1) is 6.50. The SMILES string of the molecule is COc1ccccc1C(C)(O)C(N)=O. The molecule has 0 heterocycles. The van der Waals surface area contributed by atoms with E-state index >= 15 is 0 Å². The van der Waals surface area contributed by atoms with E-state index in [0.29, 0.717) is 11.3 Å².